The van der Waals surface area contributed by atoms with Crippen LogP contribution in [0, 0.1) is 0 Å². The maximum absolute atomic E-state index is 11.3. The van der Waals surface area contributed by atoms with E-state index in [1.165, 1.54) is 63.1 Å². The first kappa shape index (κ1) is 17.0. The van der Waals surface area contributed by atoms with Crippen LogP contribution in [0.15, 0.2) is 0 Å². The van der Waals surface area contributed by atoms with E-state index >= 15 is 0 Å². The Balaban J connectivity index is 3.05. The first-order chi connectivity index (χ1) is 8.31. The summed E-state index contributed by atoms with van der Waals surface area (Å²) >= 11 is 1.26. The van der Waals surface area contributed by atoms with Crippen LogP contribution in [0.3, 0.4) is 0 Å². The average Bonchev–Trinajstić information content (AvgIpc) is 2.34. The van der Waals surface area contributed by atoms with Gasteiger partial charge >= 0.3 is 0 Å². The van der Waals surface area contributed by atoms with Crippen LogP contribution in [0.5, 0.6) is 0 Å². The molecule has 1 N–H and O–H groups in total. The van der Waals surface area contributed by atoms with Crippen LogP contribution in [-0.2, 0) is 4.79 Å². The summed E-state index contributed by atoms with van der Waals surface area (Å²) in [5, 5.41) is 8.81. The minimum Gasteiger partial charge on any atom is -0.396 e. The zero-order valence-corrected chi connectivity index (χ0v) is 12.1. The Kier molecular flexibility index (Phi) is 14.0. The van der Waals surface area contributed by atoms with E-state index in [9.17, 15) is 4.79 Å². The lowest BCUT2D eigenvalue weighted by molar-refractivity contribution is -0.111. The van der Waals surface area contributed by atoms with Gasteiger partial charge in [0.25, 0.3) is 0 Å². The van der Waals surface area contributed by atoms with E-state index in [0.717, 1.165) is 6.42 Å². The molecule has 0 aliphatic rings. The molecule has 2 nitrogen and oxygen atoms in total. The summed E-state index contributed by atoms with van der Waals surface area (Å²) in [6, 6.07) is 0. The molecular weight excluding hydrogens is 232 g/mol. The van der Waals surface area contributed by atoms with Gasteiger partial charge in [0.1, 0.15) is 0 Å². The molecule has 0 rings (SSSR count). The molecule has 0 unspecified atom stereocenters. The Labute approximate surface area is 111 Å². The molecule has 0 fully saturated rings. The summed E-state index contributed by atoms with van der Waals surface area (Å²) < 4.78 is 0. The highest BCUT2D eigenvalue weighted by Crippen LogP contribution is 2.13. The van der Waals surface area contributed by atoms with Gasteiger partial charge in [-0.2, -0.15) is 0 Å². The van der Waals surface area contributed by atoms with Gasteiger partial charge in [0.05, 0.1) is 6.61 Å². The summed E-state index contributed by atoms with van der Waals surface area (Å²) in [5.74, 6) is 0.552. The Morgan fingerprint density at radius 3 is 2.00 bits per heavy atom. The fourth-order valence-electron chi connectivity index (χ4n) is 1.81. The first-order valence-electron chi connectivity index (χ1n) is 7.07. The maximum Gasteiger partial charge on any atom is 0.189 e. The van der Waals surface area contributed by atoms with E-state index in [4.69, 9.17) is 5.11 Å². The van der Waals surface area contributed by atoms with Gasteiger partial charge in [-0.15, -0.1) is 0 Å². The number of rotatable bonds is 12. The molecule has 0 atom stereocenters. The number of hydrogen-bond donors (Lipinski definition) is 1. The zero-order valence-electron chi connectivity index (χ0n) is 11.2. The third kappa shape index (κ3) is 13.9. The molecule has 0 spiro atoms. The third-order valence-corrected chi connectivity index (χ3v) is 3.75. The van der Waals surface area contributed by atoms with Gasteiger partial charge in [-0.25, -0.2) is 0 Å². The second-order valence-corrected chi connectivity index (χ2v) is 5.67. The van der Waals surface area contributed by atoms with E-state index < -0.39 is 0 Å². The number of unbranched alkanes of at least 4 members (excludes halogenated alkanes) is 8. The molecule has 0 saturated carbocycles. The predicted molar refractivity (Wildman–Crippen MR) is 76.4 cm³/mol. The van der Waals surface area contributed by atoms with Crippen LogP contribution in [0.4, 0.5) is 0 Å². The Bertz CT molecular complexity index is 172. The van der Waals surface area contributed by atoms with Crippen LogP contribution < -0.4 is 0 Å². The third-order valence-electron chi connectivity index (χ3n) is 2.84. The second-order valence-electron chi connectivity index (χ2n) is 4.52. The topological polar surface area (TPSA) is 37.3 Å². The van der Waals surface area contributed by atoms with Gasteiger partial charge in [0, 0.05) is 12.2 Å². The van der Waals surface area contributed by atoms with Gasteiger partial charge < -0.3 is 5.11 Å². The standard InChI is InChI=1S/C14H28O2S/c1-2-3-4-5-6-7-8-9-10-11-14(16)17-13-12-15/h15H,2-13H2,1H3. The summed E-state index contributed by atoms with van der Waals surface area (Å²) in [5.41, 5.74) is 0. The molecule has 0 heterocycles. The van der Waals surface area contributed by atoms with E-state index in [-0.39, 0.29) is 11.7 Å². The number of carbonyl (C=O) groups excluding carboxylic acids is 1. The smallest absolute Gasteiger partial charge is 0.189 e. The molecule has 0 bridgehead atoms. The van der Waals surface area contributed by atoms with Crippen molar-refractivity contribution in [3.8, 4) is 0 Å². The summed E-state index contributed by atoms with van der Waals surface area (Å²) in [6.07, 6.45) is 12.3. The van der Waals surface area contributed by atoms with Crippen LogP contribution in [0.1, 0.15) is 71.1 Å². The van der Waals surface area contributed by atoms with Crippen molar-refractivity contribution in [1.82, 2.24) is 0 Å². The highest BCUT2D eigenvalue weighted by atomic mass is 32.2. The van der Waals surface area contributed by atoms with Crippen LogP contribution in [0.25, 0.3) is 0 Å². The molecule has 3 heteroatoms. The fraction of sp³-hybridized carbons (Fsp3) is 0.929. The minimum atomic E-state index is 0.105. The van der Waals surface area contributed by atoms with E-state index in [1.54, 1.807) is 0 Å². The largest absolute Gasteiger partial charge is 0.396 e. The molecule has 0 aromatic rings. The molecule has 0 amide bonds. The van der Waals surface area contributed by atoms with Gasteiger partial charge in [0.2, 0.25) is 0 Å². The van der Waals surface area contributed by atoms with E-state index in [1.807, 2.05) is 0 Å². The van der Waals surface area contributed by atoms with E-state index in [2.05, 4.69) is 6.92 Å². The number of carbonyl (C=O) groups is 1. The van der Waals surface area contributed by atoms with Gasteiger partial charge in [-0.3, -0.25) is 4.79 Å². The quantitative estimate of drug-likeness (QED) is 0.535. The van der Waals surface area contributed by atoms with Gasteiger partial charge in [-0.1, -0.05) is 70.1 Å². The number of hydrogen-bond acceptors (Lipinski definition) is 3. The van der Waals surface area contributed by atoms with Crippen molar-refractivity contribution in [3.63, 3.8) is 0 Å². The number of aliphatic hydroxyl groups is 1. The summed E-state index contributed by atoms with van der Waals surface area (Å²) in [4.78, 5) is 11.3. The normalized spacial score (nSPS) is 10.7. The molecule has 0 saturated heterocycles. The Hall–Kier alpha value is -0.0200. The van der Waals surface area contributed by atoms with Crippen molar-refractivity contribution in [1.29, 1.82) is 0 Å². The van der Waals surface area contributed by atoms with E-state index in [0.29, 0.717) is 12.2 Å². The van der Waals surface area contributed by atoms with Gasteiger partial charge in [0.15, 0.2) is 5.12 Å². The monoisotopic (exact) mass is 260 g/mol. The molecule has 0 aliphatic heterocycles. The fourth-order valence-corrected chi connectivity index (χ4v) is 2.42. The highest BCUT2D eigenvalue weighted by molar-refractivity contribution is 8.13. The highest BCUT2D eigenvalue weighted by Gasteiger charge is 2.01. The lowest BCUT2D eigenvalue weighted by Gasteiger charge is -2.01. The lowest BCUT2D eigenvalue weighted by atomic mass is 10.1. The van der Waals surface area contributed by atoms with Crippen molar-refractivity contribution >= 4 is 16.9 Å². The average molecular weight is 260 g/mol. The van der Waals surface area contributed by atoms with Gasteiger partial charge in [-0.05, 0) is 6.42 Å². The van der Waals surface area contributed by atoms with Crippen LogP contribution >= 0.6 is 11.8 Å². The Morgan fingerprint density at radius 2 is 1.47 bits per heavy atom. The summed E-state index contributed by atoms with van der Waals surface area (Å²) in [6.45, 7) is 2.35. The first-order valence-corrected chi connectivity index (χ1v) is 8.06. The molecule has 0 aliphatic carbocycles. The SMILES string of the molecule is CCCCCCCCCCCC(=O)SCCO. The molecule has 102 valence electrons. The van der Waals surface area contributed by atoms with Crippen LogP contribution in [-0.4, -0.2) is 22.6 Å². The zero-order chi connectivity index (χ0) is 12.8. The Morgan fingerprint density at radius 1 is 0.941 bits per heavy atom. The van der Waals surface area contributed by atoms with Crippen molar-refractivity contribution in [2.45, 2.75) is 71.1 Å². The second kappa shape index (κ2) is 14.0. The molecule has 0 radical (unpaired) electrons. The molecule has 0 aromatic carbocycles. The van der Waals surface area contributed by atoms with Crippen LogP contribution in [0.2, 0.25) is 0 Å². The maximum atomic E-state index is 11.3. The number of thioether (sulfide) groups is 1. The minimum absolute atomic E-state index is 0.105. The van der Waals surface area contributed by atoms with Crippen molar-refractivity contribution in [2.75, 3.05) is 12.4 Å². The van der Waals surface area contributed by atoms with Crippen molar-refractivity contribution in [3.05, 3.63) is 0 Å². The molecular formula is C14H28O2S. The van der Waals surface area contributed by atoms with Crippen molar-refractivity contribution in [2.24, 2.45) is 0 Å². The molecule has 0 aromatic heterocycles. The number of aliphatic hydroxyl groups excluding tert-OH is 1. The summed E-state index contributed by atoms with van der Waals surface area (Å²) in [7, 11) is 0. The molecule has 17 heavy (non-hydrogen) atoms. The predicted octanol–water partition coefficient (Wildman–Crippen LogP) is 4.16. The lowest BCUT2D eigenvalue weighted by Crippen LogP contribution is -1.96. The van der Waals surface area contributed by atoms with Crippen molar-refractivity contribution < 1.29 is 9.90 Å².